The van der Waals surface area contributed by atoms with Crippen molar-refractivity contribution in [2.75, 3.05) is 39.6 Å². The van der Waals surface area contributed by atoms with Crippen LogP contribution in [0, 0.1) is 18.8 Å². The van der Waals surface area contributed by atoms with Crippen molar-refractivity contribution in [2.45, 2.75) is 122 Å². The first kappa shape index (κ1) is 52.6. The topological polar surface area (TPSA) is 250 Å². The number of aliphatic imine (C=N–C) groups is 1. The van der Waals surface area contributed by atoms with Gasteiger partial charge in [-0.2, -0.15) is 4.31 Å². The molecule has 378 valence electrons. The number of esters is 1. The molecule has 0 aliphatic carbocycles. The molecule has 69 heavy (non-hydrogen) atoms. The number of thiazole rings is 1. The number of amides is 3. The number of nitrogens with zero attached hydrogens (tertiary/aromatic N) is 3. The Balaban J connectivity index is 1.34. The van der Waals surface area contributed by atoms with Crippen molar-refractivity contribution in [2.24, 2.45) is 16.8 Å². The molecule has 0 unspecified atom stereocenters. The summed E-state index contributed by atoms with van der Waals surface area (Å²) in [7, 11) is -4.37. The van der Waals surface area contributed by atoms with Crippen LogP contribution in [-0.4, -0.2) is 123 Å². The minimum atomic E-state index is -4.37. The van der Waals surface area contributed by atoms with Gasteiger partial charge in [-0.15, -0.1) is 11.3 Å². The molecule has 6 rings (SSSR count). The van der Waals surface area contributed by atoms with Crippen LogP contribution in [0.2, 0.25) is 0 Å². The SMILES string of the molecule is Cc1nc(COc2ccc(C[C@H](NC(=O)O[C@H]3CO[C@H]4OCC[C@H]43)[C@@H](CN(CC(C)C)S(=O)(=O)c3ccc4c(c3)OCO4)OC(=O)CN=C(NC(=O)OC(C)(C)C)NC(=O)OC(C)(C)C)cc2)cs1. The summed E-state index contributed by atoms with van der Waals surface area (Å²) in [6, 6.07) is 10.1. The second-order valence-corrected chi connectivity index (χ2v) is 21.9. The van der Waals surface area contributed by atoms with E-state index in [4.69, 9.17) is 42.6 Å². The van der Waals surface area contributed by atoms with Gasteiger partial charge in [0.05, 0.1) is 47.3 Å². The maximum atomic E-state index is 14.7. The predicted octanol–water partition coefficient (Wildman–Crippen LogP) is 5.82. The highest BCUT2D eigenvalue weighted by Gasteiger charge is 2.44. The summed E-state index contributed by atoms with van der Waals surface area (Å²) in [6.45, 7) is 14.7. The van der Waals surface area contributed by atoms with Gasteiger partial charge >= 0.3 is 24.2 Å². The molecule has 21 nitrogen and oxygen atoms in total. The zero-order valence-electron chi connectivity index (χ0n) is 40.2. The van der Waals surface area contributed by atoms with Crippen molar-refractivity contribution < 1.29 is 70.2 Å². The van der Waals surface area contributed by atoms with Crippen LogP contribution in [0.15, 0.2) is 57.7 Å². The van der Waals surface area contributed by atoms with Crippen molar-refractivity contribution >= 4 is 51.6 Å². The molecule has 3 aliphatic heterocycles. The minimum Gasteiger partial charge on any atom is -0.487 e. The number of fused-ring (bicyclic) bond motifs is 2. The summed E-state index contributed by atoms with van der Waals surface area (Å²) >= 11 is 1.51. The van der Waals surface area contributed by atoms with E-state index in [-0.39, 0.29) is 55.5 Å². The van der Waals surface area contributed by atoms with Crippen molar-refractivity contribution in [3.05, 3.63) is 64.1 Å². The van der Waals surface area contributed by atoms with Crippen molar-refractivity contribution in [1.29, 1.82) is 0 Å². The molecule has 3 aromatic rings. The fraction of sp³-hybridized carbons (Fsp3) is 0.565. The molecule has 2 fully saturated rings. The highest BCUT2D eigenvalue weighted by molar-refractivity contribution is 7.89. The normalized spacial score (nSPS) is 18.4. The van der Waals surface area contributed by atoms with Crippen LogP contribution in [0.4, 0.5) is 14.4 Å². The lowest BCUT2D eigenvalue weighted by Crippen LogP contribution is -2.53. The number of aromatic nitrogens is 1. The predicted molar refractivity (Wildman–Crippen MR) is 249 cm³/mol. The van der Waals surface area contributed by atoms with Crippen LogP contribution in [0.3, 0.4) is 0 Å². The molecule has 2 saturated heterocycles. The second kappa shape index (κ2) is 22.8. The van der Waals surface area contributed by atoms with Gasteiger partial charge in [0.25, 0.3) is 0 Å². The van der Waals surface area contributed by atoms with Gasteiger partial charge in [0.2, 0.25) is 22.8 Å². The summed E-state index contributed by atoms with van der Waals surface area (Å²) < 4.78 is 81.4. The van der Waals surface area contributed by atoms with Crippen LogP contribution >= 0.6 is 11.3 Å². The summed E-state index contributed by atoms with van der Waals surface area (Å²) in [5.41, 5.74) is -0.462. The number of alkyl carbamates (subject to hydrolysis) is 3. The van der Waals surface area contributed by atoms with Gasteiger partial charge in [0, 0.05) is 18.0 Å². The molecule has 0 radical (unpaired) electrons. The molecule has 5 atom stereocenters. The van der Waals surface area contributed by atoms with Crippen LogP contribution < -0.4 is 30.2 Å². The minimum absolute atomic E-state index is 0.0105. The number of benzene rings is 2. The Labute approximate surface area is 405 Å². The maximum Gasteiger partial charge on any atom is 0.414 e. The van der Waals surface area contributed by atoms with Crippen molar-refractivity contribution in [3.8, 4) is 17.2 Å². The van der Waals surface area contributed by atoms with Gasteiger partial charge in [-0.1, -0.05) is 26.0 Å². The first-order valence-corrected chi connectivity index (χ1v) is 24.8. The van der Waals surface area contributed by atoms with Crippen LogP contribution in [-0.2, 0) is 56.3 Å². The number of guanidine groups is 1. The summed E-state index contributed by atoms with van der Waals surface area (Å²) in [4.78, 5) is 62.2. The quantitative estimate of drug-likeness (QED) is 0.0624. The molecular formula is C46H62N6O15S2. The van der Waals surface area contributed by atoms with E-state index in [9.17, 15) is 27.6 Å². The first-order chi connectivity index (χ1) is 32.5. The number of nitrogens with one attached hydrogen (secondary N) is 3. The highest BCUT2D eigenvalue weighted by atomic mass is 32.2. The van der Waals surface area contributed by atoms with Crippen LogP contribution in [0.25, 0.3) is 0 Å². The fourth-order valence-electron chi connectivity index (χ4n) is 7.33. The number of hydrogen-bond acceptors (Lipinski definition) is 18. The average Bonchev–Trinajstić information content (AvgIpc) is 4.07. The van der Waals surface area contributed by atoms with Gasteiger partial charge < -0.3 is 47.9 Å². The van der Waals surface area contributed by atoms with E-state index in [1.54, 1.807) is 65.8 Å². The Morgan fingerprint density at radius 2 is 1.59 bits per heavy atom. The number of ether oxygens (including phenoxy) is 9. The average molecular weight is 1000 g/mol. The Bertz CT molecular complexity index is 2380. The first-order valence-electron chi connectivity index (χ1n) is 22.5. The van der Waals surface area contributed by atoms with Crippen LogP contribution in [0.5, 0.6) is 17.2 Å². The Hall–Kier alpha value is -5.75. The van der Waals surface area contributed by atoms with E-state index < -0.39 is 89.1 Å². The largest absolute Gasteiger partial charge is 0.487 e. The molecular weight excluding hydrogens is 941 g/mol. The standard InChI is InChI=1S/C46H62N6O15S2/c1-27(2)21-52(69(57,58)32-14-15-35-36(19-32)63-26-62-35)22-37(64-39(53)20-47-41(50-43(55)66-45(4,5)6)51-44(56)67-46(7,8)9)34(49-42(54)65-38-24-61-40-33(38)16-17-59-40)18-29-10-12-31(13-11-29)60-23-30-25-68-28(3)48-30/h10-15,19,25,27,33-34,37-38,40H,16-18,20-24,26H2,1-9H3,(H,49,54)(H2,47,50,51,55,56)/t33-,34-,37+,38-,40+/m0/s1. The molecule has 3 N–H and O–H groups in total. The Morgan fingerprint density at radius 3 is 2.23 bits per heavy atom. The lowest BCUT2D eigenvalue weighted by atomic mass is 10.0. The van der Waals surface area contributed by atoms with Gasteiger partial charge in [0.15, 0.2) is 17.8 Å². The second-order valence-electron chi connectivity index (χ2n) is 18.9. The summed E-state index contributed by atoms with van der Waals surface area (Å²) in [5, 5.41) is 10.3. The van der Waals surface area contributed by atoms with Gasteiger partial charge in [-0.05, 0) is 97.1 Å². The Kier molecular flexibility index (Phi) is 17.4. The van der Waals surface area contributed by atoms with E-state index in [1.807, 2.05) is 26.2 Å². The van der Waals surface area contributed by atoms with Crippen molar-refractivity contribution in [3.63, 3.8) is 0 Å². The molecule has 0 spiro atoms. The lowest BCUT2D eigenvalue weighted by Gasteiger charge is -2.33. The maximum absolute atomic E-state index is 14.7. The van der Waals surface area contributed by atoms with E-state index in [0.717, 1.165) is 10.7 Å². The van der Waals surface area contributed by atoms with E-state index in [1.165, 1.54) is 33.8 Å². The number of sulfonamides is 1. The van der Waals surface area contributed by atoms with Crippen molar-refractivity contribution in [1.82, 2.24) is 25.2 Å². The third kappa shape index (κ3) is 15.9. The Morgan fingerprint density at radius 1 is 0.913 bits per heavy atom. The molecule has 23 heteroatoms. The molecule has 0 saturated carbocycles. The third-order valence-corrected chi connectivity index (χ3v) is 12.9. The molecule has 3 aliphatic rings. The number of aryl methyl sites for hydroxylation is 1. The van der Waals surface area contributed by atoms with E-state index in [2.05, 4.69) is 25.9 Å². The number of carbonyl (C=O) groups is 4. The highest BCUT2D eigenvalue weighted by Crippen LogP contribution is 2.36. The van der Waals surface area contributed by atoms with E-state index >= 15 is 0 Å². The lowest BCUT2D eigenvalue weighted by molar-refractivity contribution is -0.149. The van der Waals surface area contributed by atoms with E-state index in [0.29, 0.717) is 30.1 Å². The number of carbonyl (C=O) groups excluding carboxylic acids is 4. The van der Waals surface area contributed by atoms with Gasteiger partial charge in [0.1, 0.15) is 42.3 Å². The zero-order valence-corrected chi connectivity index (χ0v) is 41.9. The molecule has 2 aromatic carbocycles. The fourth-order valence-corrected chi connectivity index (χ4v) is 9.55. The molecule has 1 aromatic heterocycles. The summed E-state index contributed by atoms with van der Waals surface area (Å²) in [5.74, 6) is -0.826. The third-order valence-electron chi connectivity index (χ3n) is 10.2. The van der Waals surface area contributed by atoms with Crippen LogP contribution in [0.1, 0.15) is 78.1 Å². The number of rotatable bonds is 17. The number of hydrogen-bond donors (Lipinski definition) is 3. The molecule has 0 bridgehead atoms. The molecule has 4 heterocycles. The smallest absolute Gasteiger partial charge is 0.414 e. The summed E-state index contributed by atoms with van der Waals surface area (Å²) in [6.07, 6.45) is -4.87. The van der Waals surface area contributed by atoms with Gasteiger partial charge in [-0.25, -0.2) is 32.8 Å². The van der Waals surface area contributed by atoms with Gasteiger partial charge in [-0.3, -0.25) is 15.4 Å². The monoisotopic (exact) mass is 1000 g/mol. The molecule has 3 amide bonds. The zero-order chi connectivity index (χ0) is 50.1.